The van der Waals surface area contributed by atoms with Crippen molar-refractivity contribution in [2.75, 3.05) is 6.61 Å². The molecule has 1 N–H and O–H groups in total. The van der Waals surface area contributed by atoms with E-state index >= 15 is 0 Å². The minimum atomic E-state index is 0.239. The third-order valence-corrected chi connectivity index (χ3v) is 3.24. The summed E-state index contributed by atoms with van der Waals surface area (Å²) < 4.78 is 7.63. The van der Waals surface area contributed by atoms with Crippen molar-refractivity contribution >= 4 is 0 Å². The predicted molar refractivity (Wildman–Crippen MR) is 80.9 cm³/mol. The van der Waals surface area contributed by atoms with Crippen LogP contribution in [0.3, 0.4) is 0 Å². The molecule has 4 nitrogen and oxygen atoms in total. The topological polar surface area (TPSA) is 39.1 Å². The molecule has 0 radical (unpaired) electrons. The maximum atomic E-state index is 5.69. The summed E-state index contributed by atoms with van der Waals surface area (Å²) in [5, 5.41) is 7.83. The van der Waals surface area contributed by atoms with Gasteiger partial charge in [0.05, 0.1) is 13.2 Å². The van der Waals surface area contributed by atoms with Gasteiger partial charge in [-0.1, -0.05) is 18.2 Å². The molecule has 0 amide bonds. The van der Waals surface area contributed by atoms with Crippen molar-refractivity contribution in [1.29, 1.82) is 0 Å². The van der Waals surface area contributed by atoms with Crippen molar-refractivity contribution in [2.24, 2.45) is 0 Å². The molecule has 2 atom stereocenters. The van der Waals surface area contributed by atoms with Gasteiger partial charge < -0.3 is 10.1 Å². The van der Waals surface area contributed by atoms with Gasteiger partial charge in [-0.3, -0.25) is 4.68 Å². The van der Waals surface area contributed by atoms with Gasteiger partial charge >= 0.3 is 0 Å². The fourth-order valence-corrected chi connectivity index (χ4v) is 2.38. The number of hydrogen-bond acceptors (Lipinski definition) is 3. The second-order valence-electron chi connectivity index (χ2n) is 4.99. The molecule has 0 aliphatic heterocycles. The average molecular weight is 273 g/mol. The van der Waals surface area contributed by atoms with Crippen LogP contribution in [0.1, 0.15) is 32.4 Å². The second-order valence-corrected chi connectivity index (χ2v) is 4.99. The average Bonchev–Trinajstić information content (AvgIpc) is 2.92. The summed E-state index contributed by atoms with van der Waals surface area (Å²) >= 11 is 0. The van der Waals surface area contributed by atoms with Crippen LogP contribution in [-0.4, -0.2) is 22.4 Å². The maximum absolute atomic E-state index is 5.69. The van der Waals surface area contributed by atoms with Gasteiger partial charge in [-0.15, -0.1) is 0 Å². The molecule has 0 fully saturated rings. The molecule has 2 aromatic rings. The lowest BCUT2D eigenvalue weighted by Gasteiger charge is -2.22. The minimum Gasteiger partial charge on any atom is -0.494 e. The number of nitrogens with one attached hydrogen (secondary N) is 1. The molecule has 108 valence electrons. The fourth-order valence-electron chi connectivity index (χ4n) is 2.38. The van der Waals surface area contributed by atoms with Crippen molar-refractivity contribution in [3.63, 3.8) is 0 Å². The Balaban J connectivity index is 1.98. The van der Waals surface area contributed by atoms with E-state index in [9.17, 15) is 0 Å². The van der Waals surface area contributed by atoms with Crippen LogP contribution >= 0.6 is 0 Å². The first-order valence-corrected chi connectivity index (χ1v) is 7.16. The highest BCUT2D eigenvalue weighted by atomic mass is 16.5. The van der Waals surface area contributed by atoms with Crippen LogP contribution in [0.25, 0.3) is 0 Å². The monoisotopic (exact) mass is 273 g/mol. The fraction of sp³-hybridized carbons (Fsp3) is 0.438. The third kappa shape index (κ3) is 3.84. The number of hydrogen-bond donors (Lipinski definition) is 1. The van der Waals surface area contributed by atoms with Crippen molar-refractivity contribution in [2.45, 2.75) is 39.4 Å². The smallest absolute Gasteiger partial charge is 0.124 e. The van der Waals surface area contributed by atoms with Gasteiger partial charge in [-0.2, -0.15) is 5.10 Å². The Hall–Kier alpha value is -1.81. The highest BCUT2D eigenvalue weighted by molar-refractivity contribution is 5.35. The molecule has 0 saturated carbocycles. The molecule has 0 aliphatic carbocycles. The van der Waals surface area contributed by atoms with E-state index in [0.717, 1.165) is 12.3 Å². The van der Waals surface area contributed by atoms with E-state index in [-0.39, 0.29) is 6.04 Å². The number of ether oxygens (including phenoxy) is 1. The molecule has 4 heteroatoms. The Labute approximate surface area is 120 Å². The van der Waals surface area contributed by atoms with Gasteiger partial charge in [0.15, 0.2) is 0 Å². The Kier molecular flexibility index (Phi) is 5.18. The highest BCUT2D eigenvalue weighted by Crippen LogP contribution is 2.25. The van der Waals surface area contributed by atoms with Crippen LogP contribution in [-0.2, 0) is 6.54 Å². The van der Waals surface area contributed by atoms with Gasteiger partial charge in [0.2, 0.25) is 0 Å². The first kappa shape index (κ1) is 14.6. The molecule has 2 unspecified atom stereocenters. The van der Waals surface area contributed by atoms with Crippen molar-refractivity contribution in [1.82, 2.24) is 15.1 Å². The zero-order chi connectivity index (χ0) is 14.4. The number of rotatable bonds is 7. The predicted octanol–water partition coefficient (Wildman–Crippen LogP) is 3.02. The van der Waals surface area contributed by atoms with Gasteiger partial charge in [0, 0.05) is 30.0 Å². The van der Waals surface area contributed by atoms with Gasteiger partial charge in [-0.05, 0) is 32.9 Å². The lowest BCUT2D eigenvalue weighted by molar-refractivity contribution is 0.328. The van der Waals surface area contributed by atoms with Gasteiger partial charge in [0.1, 0.15) is 5.75 Å². The first-order valence-electron chi connectivity index (χ1n) is 7.16. The summed E-state index contributed by atoms with van der Waals surface area (Å²) in [4.78, 5) is 0. The normalized spacial score (nSPS) is 13.9. The molecule has 1 heterocycles. The van der Waals surface area contributed by atoms with Crippen molar-refractivity contribution < 1.29 is 4.74 Å². The Morgan fingerprint density at radius 3 is 2.75 bits per heavy atom. The Bertz CT molecular complexity index is 510. The molecule has 1 aromatic carbocycles. The molecule has 20 heavy (non-hydrogen) atoms. The number of benzene rings is 1. The molecule has 2 rings (SSSR count). The number of nitrogens with zero attached hydrogens (tertiary/aromatic N) is 2. The van der Waals surface area contributed by atoms with Crippen molar-refractivity contribution in [3.8, 4) is 5.75 Å². The molecule has 0 aliphatic rings. The lowest BCUT2D eigenvalue weighted by atomic mass is 10.1. The molecule has 0 bridgehead atoms. The molecule has 1 aromatic heterocycles. The van der Waals surface area contributed by atoms with Crippen LogP contribution in [0, 0.1) is 0 Å². The SMILES string of the molecule is CCOc1ccccc1C(C)NC(C)Cn1cccn1. The minimum absolute atomic E-state index is 0.239. The summed E-state index contributed by atoms with van der Waals surface area (Å²) in [5.41, 5.74) is 1.20. The number of aromatic nitrogens is 2. The van der Waals surface area contributed by atoms with E-state index in [0.29, 0.717) is 12.6 Å². The van der Waals surface area contributed by atoms with Gasteiger partial charge in [0.25, 0.3) is 0 Å². The largest absolute Gasteiger partial charge is 0.494 e. The summed E-state index contributed by atoms with van der Waals surface area (Å²) in [6, 6.07) is 10.7. The van der Waals surface area contributed by atoms with E-state index in [2.05, 4.69) is 30.3 Å². The molecule has 0 spiro atoms. The lowest BCUT2D eigenvalue weighted by Crippen LogP contribution is -2.33. The summed E-state index contributed by atoms with van der Waals surface area (Å²) in [7, 11) is 0. The standard InChI is InChI=1S/C16H23N3O/c1-4-20-16-9-6-5-8-15(16)14(3)18-13(2)12-19-11-7-10-17-19/h5-11,13-14,18H,4,12H2,1-3H3. The molecule has 0 saturated heterocycles. The zero-order valence-electron chi connectivity index (χ0n) is 12.4. The van der Waals surface area contributed by atoms with Gasteiger partial charge in [-0.25, -0.2) is 0 Å². The van der Waals surface area contributed by atoms with Crippen LogP contribution in [0.15, 0.2) is 42.7 Å². The molecular weight excluding hydrogens is 250 g/mol. The Morgan fingerprint density at radius 2 is 2.05 bits per heavy atom. The second kappa shape index (κ2) is 7.10. The third-order valence-electron chi connectivity index (χ3n) is 3.24. The quantitative estimate of drug-likeness (QED) is 0.843. The van der Waals surface area contributed by atoms with Crippen LogP contribution in [0.4, 0.5) is 0 Å². The van der Waals surface area contributed by atoms with Crippen LogP contribution < -0.4 is 10.1 Å². The number of para-hydroxylation sites is 1. The zero-order valence-corrected chi connectivity index (χ0v) is 12.4. The first-order chi connectivity index (χ1) is 9.70. The van der Waals surface area contributed by atoms with E-state index < -0.39 is 0 Å². The Morgan fingerprint density at radius 1 is 1.25 bits per heavy atom. The van der Waals surface area contributed by atoms with E-state index in [1.807, 2.05) is 42.1 Å². The summed E-state index contributed by atoms with van der Waals surface area (Å²) in [6.07, 6.45) is 3.79. The van der Waals surface area contributed by atoms with E-state index in [4.69, 9.17) is 4.74 Å². The van der Waals surface area contributed by atoms with E-state index in [1.165, 1.54) is 5.56 Å². The van der Waals surface area contributed by atoms with Crippen LogP contribution in [0.5, 0.6) is 5.75 Å². The van der Waals surface area contributed by atoms with Crippen molar-refractivity contribution in [3.05, 3.63) is 48.3 Å². The van der Waals surface area contributed by atoms with E-state index in [1.54, 1.807) is 6.20 Å². The summed E-state index contributed by atoms with van der Waals surface area (Å²) in [6.45, 7) is 7.88. The van der Waals surface area contributed by atoms with Crippen LogP contribution in [0.2, 0.25) is 0 Å². The summed E-state index contributed by atoms with van der Waals surface area (Å²) in [5.74, 6) is 0.960. The highest BCUT2D eigenvalue weighted by Gasteiger charge is 2.13. The maximum Gasteiger partial charge on any atom is 0.124 e. The molecular formula is C16H23N3O.